The van der Waals surface area contributed by atoms with Crippen LogP contribution in [0.25, 0.3) is 6.08 Å². The van der Waals surface area contributed by atoms with Crippen LogP contribution in [0.2, 0.25) is 0 Å². The van der Waals surface area contributed by atoms with E-state index in [1.807, 2.05) is 12.1 Å². The summed E-state index contributed by atoms with van der Waals surface area (Å²) in [6, 6.07) is 3.64. The first-order valence-electron chi connectivity index (χ1n) is 9.81. The number of amides is 1. The first-order valence-corrected chi connectivity index (χ1v) is 9.81. The highest BCUT2D eigenvalue weighted by atomic mass is 16.4. The zero-order valence-electron chi connectivity index (χ0n) is 16.6. The van der Waals surface area contributed by atoms with Crippen molar-refractivity contribution in [1.29, 1.82) is 0 Å². The molecule has 0 aromatic carbocycles. The number of rotatable bonds is 6. The smallest absolute Gasteiger partial charge is 0.337 e. The van der Waals surface area contributed by atoms with E-state index in [0.29, 0.717) is 18.7 Å². The molecular weight excluding hydrogens is 368 g/mol. The number of nitrogens with zero attached hydrogens (tertiary/aromatic N) is 3. The zero-order valence-corrected chi connectivity index (χ0v) is 16.6. The Kier molecular flexibility index (Phi) is 4.92. The summed E-state index contributed by atoms with van der Waals surface area (Å²) < 4.78 is 0. The Hall–Kier alpha value is -3.06. The highest BCUT2D eigenvalue weighted by Crippen LogP contribution is 2.46. The molecule has 7 heteroatoms. The van der Waals surface area contributed by atoms with Gasteiger partial charge in [0, 0.05) is 36.6 Å². The molecule has 1 aliphatic heterocycles. The van der Waals surface area contributed by atoms with E-state index < -0.39 is 11.4 Å². The largest absolute Gasteiger partial charge is 0.478 e. The van der Waals surface area contributed by atoms with Crippen LogP contribution in [0.3, 0.4) is 0 Å². The van der Waals surface area contributed by atoms with Crippen molar-refractivity contribution in [3.05, 3.63) is 58.6 Å². The first kappa shape index (κ1) is 19.3. The summed E-state index contributed by atoms with van der Waals surface area (Å²) in [4.78, 5) is 35.2. The van der Waals surface area contributed by atoms with Gasteiger partial charge in [-0.05, 0) is 49.7 Å². The number of aromatic nitrogens is 2. The molecule has 0 saturated carbocycles. The molecule has 0 radical (unpaired) electrons. The maximum atomic E-state index is 12.9. The van der Waals surface area contributed by atoms with Gasteiger partial charge in [0.15, 0.2) is 0 Å². The molecule has 1 amide bonds. The van der Waals surface area contributed by atoms with Crippen molar-refractivity contribution in [2.45, 2.75) is 31.6 Å². The molecule has 0 bridgehead atoms. The second-order valence-corrected chi connectivity index (χ2v) is 7.85. The van der Waals surface area contributed by atoms with Gasteiger partial charge in [0.2, 0.25) is 5.91 Å². The summed E-state index contributed by atoms with van der Waals surface area (Å²) in [6.07, 6.45) is 9.24. The fourth-order valence-corrected chi connectivity index (χ4v) is 4.22. The third-order valence-electron chi connectivity index (χ3n) is 5.69. The van der Waals surface area contributed by atoms with Crippen molar-refractivity contribution in [1.82, 2.24) is 14.9 Å². The number of carbonyl (C=O) groups excluding carboxylic acids is 1. The Morgan fingerprint density at radius 3 is 2.90 bits per heavy atom. The molecule has 1 aliphatic carbocycles. The number of fused-ring (bicyclic) bond motifs is 3. The molecule has 0 unspecified atom stereocenters. The number of nitrogens with one attached hydrogen (secondary N) is 1. The van der Waals surface area contributed by atoms with Crippen LogP contribution in [0.15, 0.2) is 30.6 Å². The predicted molar refractivity (Wildman–Crippen MR) is 110 cm³/mol. The number of hydrogen-bond donors (Lipinski definition) is 2. The first-order chi connectivity index (χ1) is 13.9. The van der Waals surface area contributed by atoms with Gasteiger partial charge in [0.25, 0.3) is 0 Å². The minimum Gasteiger partial charge on any atom is -0.478 e. The maximum absolute atomic E-state index is 12.9. The molecule has 29 heavy (non-hydrogen) atoms. The fraction of sp³-hybridized carbons (Fsp3) is 0.364. The van der Waals surface area contributed by atoms with Crippen molar-refractivity contribution < 1.29 is 14.7 Å². The quantitative estimate of drug-likeness (QED) is 0.784. The topological polar surface area (TPSA) is 95.4 Å². The minimum absolute atomic E-state index is 0.0984. The molecule has 0 saturated heterocycles. The fourth-order valence-electron chi connectivity index (χ4n) is 4.22. The number of carboxylic acids is 1. The number of anilines is 1. The highest BCUT2D eigenvalue weighted by Gasteiger charge is 2.51. The Labute approximate surface area is 169 Å². The Morgan fingerprint density at radius 1 is 1.31 bits per heavy atom. The Morgan fingerprint density at radius 2 is 2.14 bits per heavy atom. The summed E-state index contributed by atoms with van der Waals surface area (Å²) >= 11 is 0. The van der Waals surface area contributed by atoms with Crippen LogP contribution in [0.4, 0.5) is 5.82 Å². The SMILES string of the molecule is CCCN(C)C/C=C/c1cnc2c(c1)[C@@]1(Cc3cc(C(=O)O)cnc3C1)C(=O)N2. The lowest BCUT2D eigenvalue weighted by Crippen LogP contribution is -2.35. The predicted octanol–water partition coefficient (Wildman–Crippen LogP) is 2.52. The second kappa shape index (κ2) is 7.40. The summed E-state index contributed by atoms with van der Waals surface area (Å²) in [5.41, 5.74) is 2.78. The Bertz CT molecular complexity index is 1020. The van der Waals surface area contributed by atoms with Crippen LogP contribution in [-0.4, -0.2) is 52.0 Å². The highest BCUT2D eigenvalue weighted by molar-refractivity contribution is 6.06. The van der Waals surface area contributed by atoms with Crippen LogP contribution in [0.5, 0.6) is 0 Å². The summed E-state index contributed by atoms with van der Waals surface area (Å²) in [6.45, 7) is 4.04. The molecule has 2 aromatic rings. The van der Waals surface area contributed by atoms with Crippen molar-refractivity contribution >= 4 is 23.8 Å². The maximum Gasteiger partial charge on any atom is 0.337 e. The van der Waals surface area contributed by atoms with Gasteiger partial charge in [-0.3, -0.25) is 9.78 Å². The average molecular weight is 392 g/mol. The van der Waals surface area contributed by atoms with E-state index in [9.17, 15) is 14.7 Å². The molecule has 2 aliphatic rings. The lowest BCUT2D eigenvalue weighted by Gasteiger charge is -2.20. The third-order valence-corrected chi connectivity index (χ3v) is 5.69. The molecular formula is C22H24N4O3. The number of likely N-dealkylation sites (N-methyl/N-ethyl adjacent to an activating group) is 1. The molecule has 4 rings (SSSR count). The van der Waals surface area contributed by atoms with E-state index in [4.69, 9.17) is 0 Å². The Balaban J connectivity index is 1.62. The van der Waals surface area contributed by atoms with Gasteiger partial charge in [-0.15, -0.1) is 0 Å². The van der Waals surface area contributed by atoms with Crippen LogP contribution in [0, 0.1) is 0 Å². The van der Waals surface area contributed by atoms with Gasteiger partial charge >= 0.3 is 5.97 Å². The monoisotopic (exact) mass is 392 g/mol. The molecule has 3 heterocycles. The van der Waals surface area contributed by atoms with Gasteiger partial charge in [-0.2, -0.15) is 0 Å². The van der Waals surface area contributed by atoms with E-state index in [2.05, 4.69) is 40.2 Å². The molecule has 1 spiro atoms. The zero-order chi connectivity index (χ0) is 20.6. The number of carbonyl (C=O) groups is 2. The second-order valence-electron chi connectivity index (χ2n) is 7.85. The number of aromatic carboxylic acids is 1. The van der Waals surface area contributed by atoms with Crippen molar-refractivity contribution in [2.24, 2.45) is 0 Å². The van der Waals surface area contributed by atoms with E-state index in [-0.39, 0.29) is 11.5 Å². The third kappa shape index (κ3) is 3.42. The van der Waals surface area contributed by atoms with E-state index >= 15 is 0 Å². The summed E-state index contributed by atoms with van der Waals surface area (Å²) in [5, 5.41) is 12.1. The number of pyridine rings is 2. The van der Waals surface area contributed by atoms with Crippen LogP contribution in [0.1, 0.15) is 46.1 Å². The standard InChI is InChI=1S/C22H24N4O3/c1-3-6-26(2)7-4-5-14-8-17-19(24-12-14)25-21(29)22(17)10-15-9-16(20(27)28)13-23-18(15)11-22/h4-5,8-9,12-13H,3,6-7,10-11H2,1-2H3,(H,27,28)(H,24,25,29)/b5-4+/t22-/m0/s1. The molecule has 7 nitrogen and oxygen atoms in total. The van der Waals surface area contributed by atoms with Gasteiger partial charge in [0.05, 0.1) is 11.0 Å². The minimum atomic E-state index is -1.01. The van der Waals surface area contributed by atoms with Crippen LogP contribution in [-0.2, 0) is 23.1 Å². The van der Waals surface area contributed by atoms with Gasteiger partial charge < -0.3 is 15.3 Å². The lowest BCUT2D eigenvalue weighted by molar-refractivity contribution is -0.120. The lowest BCUT2D eigenvalue weighted by atomic mass is 9.79. The number of carboxylic acid groups (broad SMARTS) is 1. The van der Waals surface area contributed by atoms with E-state index in [0.717, 1.165) is 41.9 Å². The molecule has 0 fully saturated rings. The normalized spacial score (nSPS) is 19.8. The van der Waals surface area contributed by atoms with Crippen LogP contribution < -0.4 is 5.32 Å². The molecule has 150 valence electrons. The molecule has 2 N–H and O–H groups in total. The van der Waals surface area contributed by atoms with E-state index in [1.54, 1.807) is 12.3 Å². The van der Waals surface area contributed by atoms with Crippen molar-refractivity contribution in [3.8, 4) is 0 Å². The molecule has 1 atom stereocenters. The van der Waals surface area contributed by atoms with Crippen LogP contribution >= 0.6 is 0 Å². The van der Waals surface area contributed by atoms with Gasteiger partial charge in [-0.1, -0.05) is 19.1 Å². The molecule has 2 aromatic heterocycles. The van der Waals surface area contributed by atoms with Crippen molar-refractivity contribution in [2.75, 3.05) is 25.5 Å². The van der Waals surface area contributed by atoms with Crippen molar-refractivity contribution in [3.63, 3.8) is 0 Å². The summed E-state index contributed by atoms with van der Waals surface area (Å²) in [5.74, 6) is -0.528. The van der Waals surface area contributed by atoms with E-state index in [1.165, 1.54) is 6.20 Å². The average Bonchev–Trinajstić information content (AvgIpc) is 3.20. The van der Waals surface area contributed by atoms with Gasteiger partial charge in [0.1, 0.15) is 5.82 Å². The number of hydrogen-bond acceptors (Lipinski definition) is 5. The van der Waals surface area contributed by atoms with Gasteiger partial charge in [-0.25, -0.2) is 9.78 Å². The summed E-state index contributed by atoms with van der Waals surface area (Å²) in [7, 11) is 2.08.